The highest BCUT2D eigenvalue weighted by molar-refractivity contribution is 5.82. The second-order valence-electron chi connectivity index (χ2n) is 6.54. The summed E-state index contributed by atoms with van der Waals surface area (Å²) >= 11 is 0. The van der Waals surface area contributed by atoms with Gasteiger partial charge in [0.15, 0.2) is 0 Å². The first-order valence-electron chi connectivity index (χ1n) is 7.60. The van der Waals surface area contributed by atoms with Gasteiger partial charge in [0.25, 0.3) is 0 Å². The van der Waals surface area contributed by atoms with Crippen LogP contribution in [0.15, 0.2) is 0 Å². The Morgan fingerprint density at radius 1 is 1.21 bits per heavy atom. The maximum Gasteiger partial charge on any atom is 0.239 e. The molecule has 1 fully saturated rings. The summed E-state index contributed by atoms with van der Waals surface area (Å²) in [4.78, 5) is 14.5. The van der Waals surface area contributed by atoms with Crippen LogP contribution in [0, 0.1) is 11.8 Å². The Morgan fingerprint density at radius 2 is 1.74 bits per heavy atom. The minimum Gasteiger partial charge on any atom is -0.392 e. The lowest BCUT2D eigenvalue weighted by molar-refractivity contribution is -0.133. The molecule has 0 aromatic heterocycles. The van der Waals surface area contributed by atoms with Gasteiger partial charge in [0.05, 0.1) is 12.1 Å². The molecule has 19 heavy (non-hydrogen) atoms. The summed E-state index contributed by atoms with van der Waals surface area (Å²) in [6.45, 7) is 10.9. The molecule has 0 aromatic carbocycles. The van der Waals surface area contributed by atoms with E-state index in [-0.39, 0.29) is 18.1 Å². The van der Waals surface area contributed by atoms with E-state index in [2.05, 4.69) is 33.0 Å². The first-order chi connectivity index (χ1) is 8.90. The third kappa shape index (κ3) is 5.91. The molecule has 1 amide bonds. The number of hydrogen-bond donors (Lipinski definition) is 2. The van der Waals surface area contributed by atoms with Gasteiger partial charge in [0, 0.05) is 19.6 Å². The fourth-order valence-electron chi connectivity index (χ4n) is 2.29. The summed E-state index contributed by atoms with van der Waals surface area (Å²) in [5.41, 5.74) is 0. The summed E-state index contributed by atoms with van der Waals surface area (Å²) < 4.78 is 0. The van der Waals surface area contributed by atoms with E-state index in [0.717, 1.165) is 25.9 Å². The van der Waals surface area contributed by atoms with Crippen molar-refractivity contribution >= 4 is 5.91 Å². The zero-order valence-corrected chi connectivity index (χ0v) is 12.9. The fourth-order valence-corrected chi connectivity index (χ4v) is 2.29. The van der Waals surface area contributed by atoms with E-state index in [1.54, 1.807) is 0 Å². The van der Waals surface area contributed by atoms with Gasteiger partial charge in [0.2, 0.25) is 5.91 Å². The number of carbonyl (C=O) groups is 1. The lowest BCUT2D eigenvalue weighted by Crippen LogP contribution is -2.44. The van der Waals surface area contributed by atoms with Gasteiger partial charge in [-0.3, -0.25) is 4.79 Å². The van der Waals surface area contributed by atoms with Crippen LogP contribution in [0.5, 0.6) is 0 Å². The number of hydrogen-bond acceptors (Lipinski definition) is 3. The van der Waals surface area contributed by atoms with Crippen LogP contribution in [0.2, 0.25) is 0 Å². The number of nitrogens with zero attached hydrogens (tertiary/aromatic N) is 1. The standard InChI is InChI=1S/C15H30N2O2/c1-11(2)5-7-17(8-6-12(3)4)15(19)14-9-13(18)10-16-14/h11-14,16,18H,5-10H2,1-4H3. The number of amides is 1. The fraction of sp³-hybridized carbons (Fsp3) is 0.933. The second-order valence-corrected chi connectivity index (χ2v) is 6.54. The average molecular weight is 270 g/mol. The molecule has 1 aliphatic rings. The van der Waals surface area contributed by atoms with Crippen molar-refractivity contribution in [2.24, 2.45) is 11.8 Å². The first kappa shape index (κ1) is 16.4. The molecule has 4 heteroatoms. The lowest BCUT2D eigenvalue weighted by Gasteiger charge is -2.27. The molecular weight excluding hydrogens is 240 g/mol. The van der Waals surface area contributed by atoms with Crippen molar-refractivity contribution in [2.45, 2.75) is 59.1 Å². The van der Waals surface area contributed by atoms with Gasteiger partial charge in [-0.1, -0.05) is 27.7 Å². The second kappa shape index (κ2) is 7.85. The van der Waals surface area contributed by atoms with Gasteiger partial charge in [-0.25, -0.2) is 0 Å². The van der Waals surface area contributed by atoms with Crippen LogP contribution < -0.4 is 5.32 Å². The van der Waals surface area contributed by atoms with Gasteiger partial charge in [-0.05, 0) is 31.1 Å². The normalized spacial score (nSPS) is 23.3. The van der Waals surface area contributed by atoms with Crippen LogP contribution >= 0.6 is 0 Å². The van der Waals surface area contributed by atoms with Crippen LogP contribution in [0.25, 0.3) is 0 Å². The smallest absolute Gasteiger partial charge is 0.239 e. The third-order valence-electron chi connectivity index (χ3n) is 3.67. The number of β-amino-alcohol motifs (C(OH)–C–C–N with tert-alkyl or cyclic N) is 1. The van der Waals surface area contributed by atoms with E-state index in [9.17, 15) is 9.90 Å². The van der Waals surface area contributed by atoms with Gasteiger partial charge >= 0.3 is 0 Å². The van der Waals surface area contributed by atoms with E-state index in [1.165, 1.54) is 0 Å². The van der Waals surface area contributed by atoms with Crippen molar-refractivity contribution in [3.05, 3.63) is 0 Å². The van der Waals surface area contributed by atoms with Crippen molar-refractivity contribution in [3.63, 3.8) is 0 Å². The van der Waals surface area contributed by atoms with Crippen molar-refractivity contribution in [1.82, 2.24) is 10.2 Å². The number of aliphatic hydroxyl groups is 1. The molecule has 2 N–H and O–H groups in total. The molecule has 112 valence electrons. The van der Waals surface area contributed by atoms with E-state index in [0.29, 0.717) is 24.8 Å². The molecule has 0 saturated carbocycles. The average Bonchev–Trinajstić information content (AvgIpc) is 2.74. The highest BCUT2D eigenvalue weighted by Gasteiger charge is 2.31. The Bertz CT molecular complexity index is 267. The van der Waals surface area contributed by atoms with E-state index in [1.807, 2.05) is 4.90 Å². The minimum atomic E-state index is -0.369. The number of carbonyl (C=O) groups excluding carboxylic acids is 1. The van der Waals surface area contributed by atoms with Crippen molar-refractivity contribution in [1.29, 1.82) is 0 Å². The van der Waals surface area contributed by atoms with Crippen molar-refractivity contribution < 1.29 is 9.90 Å². The van der Waals surface area contributed by atoms with Gasteiger partial charge in [-0.2, -0.15) is 0 Å². The molecule has 2 unspecified atom stereocenters. The molecule has 0 radical (unpaired) electrons. The Labute approximate surface area is 117 Å². The molecule has 0 aromatic rings. The van der Waals surface area contributed by atoms with E-state index >= 15 is 0 Å². The summed E-state index contributed by atoms with van der Waals surface area (Å²) in [6, 6.07) is -0.186. The maximum absolute atomic E-state index is 12.5. The molecule has 0 aliphatic carbocycles. The molecule has 2 atom stereocenters. The summed E-state index contributed by atoms with van der Waals surface area (Å²) in [6.07, 6.45) is 2.27. The summed E-state index contributed by atoms with van der Waals surface area (Å²) in [5, 5.41) is 12.7. The van der Waals surface area contributed by atoms with Crippen LogP contribution in [0.3, 0.4) is 0 Å². The first-order valence-corrected chi connectivity index (χ1v) is 7.60. The molecular formula is C15H30N2O2. The Balaban J connectivity index is 2.52. The summed E-state index contributed by atoms with van der Waals surface area (Å²) in [7, 11) is 0. The number of nitrogens with one attached hydrogen (secondary N) is 1. The lowest BCUT2D eigenvalue weighted by atomic mass is 10.1. The highest BCUT2D eigenvalue weighted by atomic mass is 16.3. The molecule has 1 saturated heterocycles. The van der Waals surface area contributed by atoms with Gasteiger partial charge < -0.3 is 15.3 Å². The minimum absolute atomic E-state index is 0.165. The van der Waals surface area contributed by atoms with Crippen LogP contribution in [-0.2, 0) is 4.79 Å². The van der Waals surface area contributed by atoms with Crippen molar-refractivity contribution in [3.8, 4) is 0 Å². The molecule has 1 rings (SSSR count). The Hall–Kier alpha value is -0.610. The van der Waals surface area contributed by atoms with Crippen LogP contribution in [0.4, 0.5) is 0 Å². The van der Waals surface area contributed by atoms with E-state index < -0.39 is 0 Å². The zero-order chi connectivity index (χ0) is 14.4. The molecule has 1 heterocycles. The highest BCUT2D eigenvalue weighted by Crippen LogP contribution is 2.13. The largest absolute Gasteiger partial charge is 0.392 e. The Kier molecular flexibility index (Phi) is 6.80. The SMILES string of the molecule is CC(C)CCN(CCC(C)C)C(=O)C1CC(O)CN1. The number of aliphatic hydroxyl groups excluding tert-OH is 1. The van der Waals surface area contributed by atoms with E-state index in [4.69, 9.17) is 0 Å². The number of rotatable bonds is 7. The zero-order valence-electron chi connectivity index (χ0n) is 12.9. The monoisotopic (exact) mass is 270 g/mol. The van der Waals surface area contributed by atoms with Gasteiger partial charge in [0.1, 0.15) is 0 Å². The Morgan fingerprint density at radius 3 is 2.11 bits per heavy atom. The third-order valence-corrected chi connectivity index (χ3v) is 3.67. The topological polar surface area (TPSA) is 52.6 Å². The molecule has 0 bridgehead atoms. The predicted octanol–water partition coefficient (Wildman–Crippen LogP) is 1.63. The maximum atomic E-state index is 12.5. The van der Waals surface area contributed by atoms with Crippen LogP contribution in [-0.4, -0.2) is 47.7 Å². The molecule has 1 aliphatic heterocycles. The predicted molar refractivity (Wildman–Crippen MR) is 77.9 cm³/mol. The molecule has 0 spiro atoms. The van der Waals surface area contributed by atoms with Gasteiger partial charge in [-0.15, -0.1) is 0 Å². The quantitative estimate of drug-likeness (QED) is 0.739. The van der Waals surface area contributed by atoms with Crippen LogP contribution in [0.1, 0.15) is 47.0 Å². The van der Waals surface area contributed by atoms with Crippen molar-refractivity contribution in [2.75, 3.05) is 19.6 Å². The molecule has 4 nitrogen and oxygen atoms in total. The summed E-state index contributed by atoms with van der Waals surface area (Å²) in [5.74, 6) is 1.38.